The van der Waals surface area contributed by atoms with Gasteiger partial charge in [0.25, 0.3) is 0 Å². The van der Waals surface area contributed by atoms with E-state index in [2.05, 4.69) is 12.1 Å². The van der Waals surface area contributed by atoms with E-state index in [1.165, 1.54) is 5.56 Å². The fraction of sp³-hybridized carbons (Fsp3) is 0.133. The first-order valence-electron chi connectivity index (χ1n) is 5.97. The zero-order valence-corrected chi connectivity index (χ0v) is 11.5. The van der Waals surface area contributed by atoms with E-state index in [0.29, 0.717) is 10.6 Å². The third-order valence-electron chi connectivity index (χ3n) is 2.93. The summed E-state index contributed by atoms with van der Waals surface area (Å²) in [5.41, 5.74) is 8.26. The van der Waals surface area contributed by atoms with E-state index in [4.69, 9.17) is 22.7 Å². The number of nitrogen functional groups attached to an aromatic ring is 1. The molecule has 19 heavy (non-hydrogen) atoms. The van der Waals surface area contributed by atoms with Crippen LogP contribution in [-0.4, -0.2) is 12.9 Å². The summed E-state index contributed by atoms with van der Waals surface area (Å²) in [6.07, 6.45) is 0. The van der Waals surface area contributed by atoms with Crippen LogP contribution in [-0.2, 0) is 6.54 Å². The Labute approximate surface area is 118 Å². The summed E-state index contributed by atoms with van der Waals surface area (Å²) in [6, 6.07) is 15.7. The lowest BCUT2D eigenvalue weighted by Gasteiger charge is -2.22. The van der Waals surface area contributed by atoms with Crippen LogP contribution in [0.3, 0.4) is 0 Å². The quantitative estimate of drug-likeness (QED) is 0.664. The number of nitrogens with two attached hydrogens (primary N) is 1. The highest BCUT2D eigenvalue weighted by molar-refractivity contribution is 6.34. The van der Waals surface area contributed by atoms with Gasteiger partial charge in [0.05, 0.1) is 10.6 Å². The molecule has 0 spiro atoms. The Hall–Kier alpha value is -2.00. The summed E-state index contributed by atoms with van der Waals surface area (Å²) in [5.74, 6) is -0.0134. The summed E-state index contributed by atoms with van der Waals surface area (Å²) in [7, 11) is 1.96. The van der Waals surface area contributed by atoms with Crippen molar-refractivity contribution in [1.29, 1.82) is 5.41 Å². The third kappa shape index (κ3) is 3.06. The van der Waals surface area contributed by atoms with Crippen molar-refractivity contribution in [3.8, 4) is 0 Å². The van der Waals surface area contributed by atoms with E-state index in [1.54, 1.807) is 6.07 Å². The summed E-state index contributed by atoms with van der Waals surface area (Å²) < 4.78 is 0. The lowest BCUT2D eigenvalue weighted by molar-refractivity contribution is 0.921. The van der Waals surface area contributed by atoms with Crippen LogP contribution >= 0.6 is 11.6 Å². The first-order chi connectivity index (χ1) is 9.09. The Balaban J connectivity index is 2.31. The Bertz CT molecular complexity index is 581. The number of hydrogen-bond donors (Lipinski definition) is 2. The smallest absolute Gasteiger partial charge is 0.126 e. The minimum atomic E-state index is -0.0134. The van der Waals surface area contributed by atoms with Gasteiger partial charge in [-0.25, -0.2) is 0 Å². The number of halogens is 1. The largest absolute Gasteiger partial charge is 0.384 e. The van der Waals surface area contributed by atoms with Gasteiger partial charge in [-0.3, -0.25) is 5.41 Å². The lowest BCUT2D eigenvalue weighted by Crippen LogP contribution is -2.22. The molecule has 0 aliphatic carbocycles. The van der Waals surface area contributed by atoms with Crippen LogP contribution < -0.4 is 10.6 Å². The molecule has 0 aliphatic heterocycles. The van der Waals surface area contributed by atoms with Gasteiger partial charge in [-0.15, -0.1) is 0 Å². The highest BCUT2D eigenvalue weighted by atomic mass is 35.5. The molecule has 0 saturated heterocycles. The molecule has 0 bridgehead atoms. The normalized spacial score (nSPS) is 10.2. The number of hydrogen-bond acceptors (Lipinski definition) is 2. The number of rotatable bonds is 4. The summed E-state index contributed by atoms with van der Waals surface area (Å²) >= 11 is 6.12. The molecule has 0 aliphatic rings. The predicted molar refractivity (Wildman–Crippen MR) is 81.0 cm³/mol. The number of nitrogens with zero attached hydrogens (tertiary/aromatic N) is 1. The van der Waals surface area contributed by atoms with Crippen molar-refractivity contribution in [3.63, 3.8) is 0 Å². The van der Waals surface area contributed by atoms with Gasteiger partial charge >= 0.3 is 0 Å². The predicted octanol–water partition coefficient (Wildman–Crippen LogP) is 3.26. The third-order valence-corrected chi connectivity index (χ3v) is 3.25. The molecule has 0 saturated carbocycles. The van der Waals surface area contributed by atoms with Gasteiger partial charge in [-0.2, -0.15) is 0 Å². The van der Waals surface area contributed by atoms with Crippen molar-refractivity contribution < 1.29 is 0 Å². The van der Waals surface area contributed by atoms with Crippen LogP contribution in [0.4, 0.5) is 5.69 Å². The average molecular weight is 274 g/mol. The lowest BCUT2D eigenvalue weighted by atomic mass is 10.1. The van der Waals surface area contributed by atoms with E-state index in [9.17, 15) is 0 Å². The van der Waals surface area contributed by atoms with Crippen molar-refractivity contribution in [3.05, 3.63) is 64.7 Å². The van der Waals surface area contributed by atoms with Gasteiger partial charge in [0.15, 0.2) is 0 Å². The molecule has 0 atom stereocenters. The number of nitrogens with one attached hydrogen (secondary N) is 1. The van der Waals surface area contributed by atoms with Crippen molar-refractivity contribution >= 4 is 23.1 Å². The van der Waals surface area contributed by atoms with E-state index in [1.807, 2.05) is 42.3 Å². The molecule has 2 aromatic rings. The Kier molecular flexibility index (Phi) is 4.07. The molecule has 98 valence electrons. The summed E-state index contributed by atoms with van der Waals surface area (Å²) in [6.45, 7) is 0.738. The maximum absolute atomic E-state index is 7.66. The Morgan fingerprint density at radius 3 is 2.47 bits per heavy atom. The first kappa shape index (κ1) is 13.4. The van der Waals surface area contributed by atoms with Crippen LogP contribution in [0, 0.1) is 5.41 Å². The Morgan fingerprint density at radius 2 is 1.84 bits per heavy atom. The second-order valence-electron chi connectivity index (χ2n) is 4.39. The molecule has 0 fully saturated rings. The molecule has 0 unspecified atom stereocenters. The monoisotopic (exact) mass is 273 g/mol. The van der Waals surface area contributed by atoms with E-state index in [-0.39, 0.29) is 5.84 Å². The average Bonchev–Trinajstić information content (AvgIpc) is 2.39. The van der Waals surface area contributed by atoms with E-state index < -0.39 is 0 Å². The molecule has 3 N–H and O–H groups in total. The van der Waals surface area contributed by atoms with Gasteiger partial charge in [-0.05, 0) is 17.7 Å². The Morgan fingerprint density at radius 1 is 1.16 bits per heavy atom. The number of anilines is 1. The maximum Gasteiger partial charge on any atom is 0.126 e. The first-order valence-corrected chi connectivity index (χ1v) is 6.35. The van der Waals surface area contributed by atoms with Gasteiger partial charge in [0.2, 0.25) is 0 Å². The van der Waals surface area contributed by atoms with Crippen LogP contribution in [0.1, 0.15) is 11.1 Å². The van der Waals surface area contributed by atoms with Gasteiger partial charge in [0.1, 0.15) is 5.84 Å². The standard InChI is InChI=1S/C15H16ClN3/c1-19(10-11-6-3-2-4-7-11)13-9-5-8-12(16)14(13)15(17)18/h2-9H,10H2,1H3,(H3,17,18). The SMILES string of the molecule is CN(Cc1ccccc1)c1cccc(Cl)c1C(=N)N. The van der Waals surface area contributed by atoms with Crippen molar-refractivity contribution in [2.45, 2.75) is 6.54 Å². The second kappa shape index (κ2) is 5.76. The highest BCUT2D eigenvalue weighted by Crippen LogP contribution is 2.27. The van der Waals surface area contributed by atoms with Crippen LogP contribution in [0.15, 0.2) is 48.5 Å². The highest BCUT2D eigenvalue weighted by Gasteiger charge is 2.13. The van der Waals surface area contributed by atoms with E-state index in [0.717, 1.165) is 12.2 Å². The molecule has 3 nitrogen and oxygen atoms in total. The van der Waals surface area contributed by atoms with Crippen molar-refractivity contribution in [2.24, 2.45) is 5.73 Å². The zero-order valence-electron chi connectivity index (χ0n) is 10.7. The van der Waals surface area contributed by atoms with Crippen LogP contribution in [0.25, 0.3) is 0 Å². The molecule has 0 aromatic heterocycles. The summed E-state index contributed by atoms with van der Waals surface area (Å²) in [4.78, 5) is 2.04. The maximum atomic E-state index is 7.66. The van der Waals surface area contributed by atoms with Gasteiger partial charge < -0.3 is 10.6 Å². The molecular weight excluding hydrogens is 258 g/mol. The summed E-state index contributed by atoms with van der Waals surface area (Å²) in [5, 5.41) is 8.16. The zero-order chi connectivity index (χ0) is 13.8. The molecule has 0 radical (unpaired) electrons. The minimum absolute atomic E-state index is 0.0134. The minimum Gasteiger partial charge on any atom is -0.384 e. The molecular formula is C15H16ClN3. The number of benzene rings is 2. The molecule has 2 aromatic carbocycles. The van der Waals surface area contributed by atoms with Crippen LogP contribution in [0.2, 0.25) is 5.02 Å². The fourth-order valence-electron chi connectivity index (χ4n) is 2.04. The molecule has 0 amide bonds. The van der Waals surface area contributed by atoms with Crippen molar-refractivity contribution in [1.82, 2.24) is 0 Å². The number of amidine groups is 1. The van der Waals surface area contributed by atoms with Gasteiger partial charge in [-0.1, -0.05) is 48.0 Å². The molecule has 4 heteroatoms. The van der Waals surface area contributed by atoms with Crippen LogP contribution in [0.5, 0.6) is 0 Å². The van der Waals surface area contributed by atoms with E-state index >= 15 is 0 Å². The fourth-order valence-corrected chi connectivity index (χ4v) is 2.31. The van der Waals surface area contributed by atoms with Gasteiger partial charge in [0, 0.05) is 19.3 Å². The second-order valence-corrected chi connectivity index (χ2v) is 4.80. The van der Waals surface area contributed by atoms with Crippen molar-refractivity contribution in [2.75, 3.05) is 11.9 Å². The molecule has 2 rings (SSSR count). The topological polar surface area (TPSA) is 53.1 Å². The molecule has 0 heterocycles.